The van der Waals surface area contributed by atoms with Gasteiger partial charge in [0.2, 0.25) is 11.2 Å². The van der Waals surface area contributed by atoms with Gasteiger partial charge in [0.15, 0.2) is 5.76 Å². The van der Waals surface area contributed by atoms with Crippen LogP contribution in [0, 0.1) is 13.8 Å². The highest BCUT2D eigenvalue weighted by Crippen LogP contribution is 2.32. The molecule has 0 amide bonds. The van der Waals surface area contributed by atoms with Gasteiger partial charge in [-0.2, -0.15) is 0 Å². The van der Waals surface area contributed by atoms with Gasteiger partial charge in [0.25, 0.3) is 0 Å². The van der Waals surface area contributed by atoms with Gasteiger partial charge >= 0.3 is 0 Å². The molecule has 140 valence electrons. The van der Waals surface area contributed by atoms with Gasteiger partial charge in [-0.3, -0.25) is 4.79 Å². The van der Waals surface area contributed by atoms with Gasteiger partial charge in [-0.25, -0.2) is 0 Å². The van der Waals surface area contributed by atoms with Crippen LogP contribution in [0.2, 0.25) is 5.02 Å². The summed E-state index contributed by atoms with van der Waals surface area (Å²) in [7, 11) is 0. The van der Waals surface area contributed by atoms with Crippen LogP contribution >= 0.6 is 11.6 Å². The summed E-state index contributed by atoms with van der Waals surface area (Å²) in [6, 6.07) is 20.7. The molecule has 4 heteroatoms. The molecular formula is C24H19ClO3. The van der Waals surface area contributed by atoms with Crippen LogP contribution in [0.3, 0.4) is 0 Å². The van der Waals surface area contributed by atoms with Crippen LogP contribution in [0.5, 0.6) is 5.75 Å². The Labute approximate surface area is 168 Å². The minimum Gasteiger partial charge on any atom is -0.481 e. The van der Waals surface area contributed by atoms with Crippen LogP contribution in [0.4, 0.5) is 0 Å². The minimum absolute atomic E-state index is 0.179. The summed E-state index contributed by atoms with van der Waals surface area (Å²) in [6.45, 7) is 4.26. The highest BCUT2D eigenvalue weighted by atomic mass is 35.5. The van der Waals surface area contributed by atoms with E-state index >= 15 is 0 Å². The van der Waals surface area contributed by atoms with Crippen LogP contribution in [0.1, 0.15) is 16.7 Å². The standard InChI is InChI=1S/C24H19ClO3/c1-15-3-6-17(7-4-15)14-27-24-22(26)20-13-16(2)5-12-21(20)28-23(24)18-8-10-19(25)11-9-18/h3-13H,14H2,1-2H3. The van der Waals surface area contributed by atoms with Crippen LogP contribution in [0.15, 0.2) is 75.9 Å². The number of benzene rings is 3. The number of fused-ring (bicyclic) bond motifs is 1. The number of halogens is 1. The molecule has 0 fully saturated rings. The molecule has 1 heterocycles. The number of hydrogen-bond donors (Lipinski definition) is 0. The van der Waals surface area contributed by atoms with Crippen LogP contribution < -0.4 is 10.2 Å². The van der Waals surface area contributed by atoms with Gasteiger partial charge in [0, 0.05) is 10.6 Å². The quantitative estimate of drug-likeness (QED) is 0.410. The Kier molecular flexibility index (Phi) is 4.93. The van der Waals surface area contributed by atoms with E-state index in [2.05, 4.69) is 0 Å². The van der Waals surface area contributed by atoms with E-state index in [1.165, 1.54) is 5.56 Å². The van der Waals surface area contributed by atoms with E-state index in [9.17, 15) is 4.79 Å². The third kappa shape index (κ3) is 3.67. The largest absolute Gasteiger partial charge is 0.481 e. The summed E-state index contributed by atoms with van der Waals surface area (Å²) in [5.74, 6) is 0.617. The van der Waals surface area contributed by atoms with E-state index in [0.29, 0.717) is 21.8 Å². The van der Waals surface area contributed by atoms with Crippen molar-refractivity contribution in [1.82, 2.24) is 0 Å². The second kappa shape index (κ2) is 7.53. The van der Waals surface area contributed by atoms with Gasteiger partial charge < -0.3 is 9.15 Å². The topological polar surface area (TPSA) is 39.4 Å². The molecule has 0 atom stereocenters. The Morgan fingerprint density at radius 1 is 0.893 bits per heavy atom. The summed E-state index contributed by atoms with van der Waals surface area (Å²) < 4.78 is 12.1. The first-order chi connectivity index (χ1) is 13.5. The summed E-state index contributed by atoms with van der Waals surface area (Å²) in [5, 5.41) is 1.13. The van der Waals surface area contributed by atoms with Crippen molar-refractivity contribution in [3.05, 3.63) is 98.7 Å². The molecule has 4 rings (SSSR count). The summed E-state index contributed by atoms with van der Waals surface area (Å²) in [4.78, 5) is 13.2. The molecule has 0 aliphatic rings. The second-order valence-electron chi connectivity index (χ2n) is 6.87. The van der Waals surface area contributed by atoms with Gasteiger partial charge in [-0.15, -0.1) is 0 Å². The van der Waals surface area contributed by atoms with Gasteiger partial charge in [0.1, 0.15) is 12.2 Å². The number of rotatable bonds is 4. The predicted octanol–water partition coefficient (Wildman–Crippen LogP) is 6.31. The van der Waals surface area contributed by atoms with E-state index in [1.807, 2.05) is 68.4 Å². The highest BCUT2D eigenvalue weighted by molar-refractivity contribution is 6.30. The summed E-state index contributed by atoms with van der Waals surface area (Å²) in [6.07, 6.45) is 0. The molecule has 1 aromatic heterocycles. The second-order valence-corrected chi connectivity index (χ2v) is 7.31. The first kappa shape index (κ1) is 18.3. The molecule has 0 aliphatic heterocycles. The lowest BCUT2D eigenvalue weighted by molar-refractivity contribution is 0.298. The molecule has 28 heavy (non-hydrogen) atoms. The zero-order valence-corrected chi connectivity index (χ0v) is 16.4. The van der Waals surface area contributed by atoms with Crippen molar-refractivity contribution in [3.63, 3.8) is 0 Å². The summed E-state index contributed by atoms with van der Waals surface area (Å²) >= 11 is 6.01. The van der Waals surface area contributed by atoms with E-state index in [4.69, 9.17) is 20.8 Å². The summed E-state index contributed by atoms with van der Waals surface area (Å²) in [5.41, 5.74) is 4.24. The Balaban J connectivity index is 1.84. The lowest BCUT2D eigenvalue weighted by atomic mass is 10.1. The van der Waals surface area contributed by atoms with Crippen LogP contribution in [0.25, 0.3) is 22.3 Å². The van der Waals surface area contributed by atoms with Gasteiger partial charge in [-0.05, 0) is 55.8 Å². The fourth-order valence-electron chi connectivity index (χ4n) is 3.05. The maximum atomic E-state index is 13.2. The predicted molar refractivity (Wildman–Crippen MR) is 113 cm³/mol. The van der Waals surface area contributed by atoms with Crippen molar-refractivity contribution in [2.45, 2.75) is 20.5 Å². The zero-order valence-electron chi connectivity index (χ0n) is 15.7. The lowest BCUT2D eigenvalue weighted by Gasteiger charge is -2.12. The van der Waals surface area contributed by atoms with E-state index in [0.717, 1.165) is 16.7 Å². The number of hydrogen-bond acceptors (Lipinski definition) is 3. The number of ether oxygens (including phenoxy) is 1. The third-order valence-corrected chi connectivity index (χ3v) is 4.87. The molecule has 0 unspecified atom stereocenters. The molecule has 0 saturated heterocycles. The van der Waals surface area contributed by atoms with E-state index in [1.54, 1.807) is 12.1 Å². The molecule has 0 bridgehead atoms. The normalized spacial score (nSPS) is 11.0. The molecule has 3 nitrogen and oxygen atoms in total. The first-order valence-electron chi connectivity index (χ1n) is 9.03. The van der Waals surface area contributed by atoms with Crippen LogP contribution in [-0.2, 0) is 6.61 Å². The van der Waals surface area contributed by atoms with Crippen molar-refractivity contribution in [1.29, 1.82) is 0 Å². The lowest BCUT2D eigenvalue weighted by Crippen LogP contribution is -2.10. The molecule has 4 aromatic rings. The fraction of sp³-hybridized carbons (Fsp3) is 0.125. The Morgan fingerprint density at radius 2 is 1.57 bits per heavy atom. The molecule has 0 aliphatic carbocycles. The van der Waals surface area contributed by atoms with Crippen molar-refractivity contribution >= 4 is 22.6 Å². The third-order valence-electron chi connectivity index (χ3n) is 4.61. The molecule has 3 aromatic carbocycles. The molecular weight excluding hydrogens is 372 g/mol. The smallest absolute Gasteiger partial charge is 0.235 e. The minimum atomic E-state index is -0.179. The fourth-order valence-corrected chi connectivity index (χ4v) is 3.18. The average Bonchev–Trinajstić information content (AvgIpc) is 2.69. The molecule has 0 N–H and O–H groups in total. The maximum Gasteiger partial charge on any atom is 0.235 e. The average molecular weight is 391 g/mol. The molecule has 0 spiro atoms. The van der Waals surface area contributed by atoms with Crippen molar-refractivity contribution in [2.24, 2.45) is 0 Å². The van der Waals surface area contributed by atoms with Gasteiger partial charge in [-0.1, -0.05) is 53.1 Å². The van der Waals surface area contributed by atoms with E-state index in [-0.39, 0.29) is 17.8 Å². The monoisotopic (exact) mass is 390 g/mol. The van der Waals surface area contributed by atoms with Gasteiger partial charge in [0.05, 0.1) is 5.39 Å². The van der Waals surface area contributed by atoms with E-state index < -0.39 is 0 Å². The number of aryl methyl sites for hydroxylation is 2. The van der Waals surface area contributed by atoms with Crippen molar-refractivity contribution in [3.8, 4) is 17.1 Å². The Bertz CT molecular complexity index is 1190. The van der Waals surface area contributed by atoms with Crippen LogP contribution in [-0.4, -0.2) is 0 Å². The highest BCUT2D eigenvalue weighted by Gasteiger charge is 2.18. The maximum absolute atomic E-state index is 13.2. The SMILES string of the molecule is Cc1ccc(COc2c(-c3ccc(Cl)cc3)oc3ccc(C)cc3c2=O)cc1. The first-order valence-corrected chi connectivity index (χ1v) is 9.41. The Hall–Kier alpha value is -3.04. The molecule has 0 saturated carbocycles. The zero-order chi connectivity index (χ0) is 19.7. The molecule has 0 radical (unpaired) electrons. The van der Waals surface area contributed by atoms with Crippen molar-refractivity contribution in [2.75, 3.05) is 0 Å². The van der Waals surface area contributed by atoms with Crippen molar-refractivity contribution < 1.29 is 9.15 Å². The Morgan fingerprint density at radius 3 is 2.29 bits per heavy atom.